The van der Waals surface area contributed by atoms with E-state index in [1.54, 1.807) is 0 Å². The van der Waals surface area contributed by atoms with Crippen LogP contribution < -0.4 is 5.32 Å². The first kappa shape index (κ1) is 21.6. The van der Waals surface area contributed by atoms with Gasteiger partial charge in [0.05, 0.1) is 18.3 Å². The Labute approximate surface area is 149 Å². The molecule has 142 valence electrons. The van der Waals surface area contributed by atoms with Crippen molar-refractivity contribution >= 4 is 5.91 Å². The third kappa shape index (κ3) is 9.55. The second-order valence-corrected chi connectivity index (χ2v) is 6.69. The normalized spacial score (nSPS) is 16.0. The summed E-state index contributed by atoms with van der Waals surface area (Å²) in [5.41, 5.74) is 0.929. The molecule has 0 bridgehead atoms. The molecule has 0 heterocycles. The fourth-order valence-corrected chi connectivity index (χ4v) is 2.45. The first-order valence-corrected chi connectivity index (χ1v) is 8.88. The van der Waals surface area contributed by atoms with Crippen molar-refractivity contribution in [2.75, 3.05) is 13.2 Å². The highest BCUT2D eigenvalue weighted by Gasteiger charge is 2.18. The molecule has 0 aliphatic heterocycles. The zero-order valence-corrected chi connectivity index (χ0v) is 14.8. The number of rotatable bonds is 12. The summed E-state index contributed by atoms with van der Waals surface area (Å²) in [5.74, 6) is -0.133. The Bertz CT molecular complexity index is 482. The molecule has 0 saturated carbocycles. The monoisotopic (exact) mass is 353 g/mol. The van der Waals surface area contributed by atoms with Crippen molar-refractivity contribution in [2.45, 2.75) is 57.3 Å². The number of carbonyl (C=O) groups is 1. The zero-order valence-electron chi connectivity index (χ0n) is 14.8. The van der Waals surface area contributed by atoms with Gasteiger partial charge in [0.2, 0.25) is 5.91 Å². The number of benzene rings is 1. The highest BCUT2D eigenvalue weighted by molar-refractivity contribution is 5.75. The molecular formula is C19H31NO5. The molecule has 4 unspecified atom stereocenters. The lowest BCUT2D eigenvalue weighted by molar-refractivity contribution is -0.122. The van der Waals surface area contributed by atoms with Gasteiger partial charge in [-0.15, -0.1) is 0 Å². The molecule has 0 spiro atoms. The second-order valence-electron chi connectivity index (χ2n) is 6.69. The summed E-state index contributed by atoms with van der Waals surface area (Å²) in [4.78, 5) is 11.8. The molecule has 1 rings (SSSR count). The minimum Gasteiger partial charge on any atom is -0.396 e. The van der Waals surface area contributed by atoms with Crippen molar-refractivity contribution < 1.29 is 25.2 Å². The van der Waals surface area contributed by atoms with E-state index in [0.717, 1.165) is 5.56 Å². The average molecular weight is 353 g/mol. The minimum atomic E-state index is -0.971. The molecular weight excluding hydrogens is 322 g/mol. The Hall–Kier alpha value is -1.47. The van der Waals surface area contributed by atoms with E-state index in [-0.39, 0.29) is 37.8 Å². The Morgan fingerprint density at radius 3 is 2.36 bits per heavy atom. The Morgan fingerprint density at radius 1 is 1.04 bits per heavy atom. The molecule has 25 heavy (non-hydrogen) atoms. The van der Waals surface area contributed by atoms with E-state index in [0.29, 0.717) is 19.3 Å². The van der Waals surface area contributed by atoms with E-state index in [9.17, 15) is 20.1 Å². The van der Waals surface area contributed by atoms with Gasteiger partial charge in [-0.25, -0.2) is 0 Å². The average Bonchev–Trinajstić information content (AvgIpc) is 2.62. The topological polar surface area (TPSA) is 110 Å². The van der Waals surface area contributed by atoms with E-state index in [1.807, 2.05) is 37.3 Å². The van der Waals surface area contributed by atoms with Crippen LogP contribution in [0, 0.1) is 5.92 Å². The van der Waals surface area contributed by atoms with Gasteiger partial charge in [-0.3, -0.25) is 4.79 Å². The molecule has 0 fully saturated rings. The number of aliphatic hydroxyl groups excluding tert-OH is 4. The van der Waals surface area contributed by atoms with Gasteiger partial charge in [-0.05, 0) is 30.7 Å². The van der Waals surface area contributed by atoms with Crippen molar-refractivity contribution in [3.8, 4) is 0 Å². The zero-order chi connectivity index (χ0) is 18.7. The van der Waals surface area contributed by atoms with E-state index < -0.39 is 18.3 Å². The van der Waals surface area contributed by atoms with Crippen LogP contribution in [-0.2, 0) is 11.2 Å². The number of nitrogens with one attached hydrogen (secondary N) is 1. The molecule has 1 amide bonds. The van der Waals surface area contributed by atoms with E-state index >= 15 is 0 Å². The standard InChI is InChI=1S/C19H31NO5/c1-14(13-21)7-8-16(22)12-20-19(25)10-9-17(23)18(24)11-15-5-3-2-4-6-15/h2-6,14,16-18,21-24H,7-13H2,1H3,(H,20,25). The van der Waals surface area contributed by atoms with Gasteiger partial charge in [-0.1, -0.05) is 37.3 Å². The molecule has 6 nitrogen and oxygen atoms in total. The van der Waals surface area contributed by atoms with Crippen molar-refractivity contribution in [1.29, 1.82) is 0 Å². The quantitative estimate of drug-likeness (QED) is 0.378. The van der Waals surface area contributed by atoms with Crippen LogP contribution in [0.4, 0.5) is 0 Å². The van der Waals surface area contributed by atoms with Gasteiger partial charge < -0.3 is 25.7 Å². The SMILES string of the molecule is CC(CO)CCC(O)CNC(=O)CCC(O)C(O)Cc1ccccc1. The molecule has 0 saturated heterocycles. The van der Waals surface area contributed by atoms with Gasteiger partial charge in [-0.2, -0.15) is 0 Å². The number of carbonyl (C=O) groups excluding carboxylic acids is 1. The maximum absolute atomic E-state index is 11.8. The van der Waals surface area contributed by atoms with Crippen LogP contribution in [0.1, 0.15) is 38.2 Å². The largest absolute Gasteiger partial charge is 0.396 e. The third-order valence-electron chi connectivity index (χ3n) is 4.24. The maximum Gasteiger partial charge on any atom is 0.220 e. The first-order valence-electron chi connectivity index (χ1n) is 8.88. The summed E-state index contributed by atoms with van der Waals surface area (Å²) in [6, 6.07) is 9.38. The fourth-order valence-electron chi connectivity index (χ4n) is 2.45. The molecule has 1 aromatic rings. The number of amides is 1. The van der Waals surface area contributed by atoms with Gasteiger partial charge in [0.15, 0.2) is 0 Å². The predicted molar refractivity (Wildman–Crippen MR) is 95.9 cm³/mol. The van der Waals surface area contributed by atoms with Gasteiger partial charge in [0.1, 0.15) is 0 Å². The van der Waals surface area contributed by atoms with E-state index in [4.69, 9.17) is 5.11 Å². The van der Waals surface area contributed by atoms with E-state index in [1.165, 1.54) is 0 Å². The Kier molecular flexibility index (Phi) is 10.3. The summed E-state index contributed by atoms with van der Waals surface area (Å²) in [6.07, 6.45) is -0.734. The smallest absolute Gasteiger partial charge is 0.220 e. The van der Waals surface area contributed by atoms with Crippen LogP contribution in [0.2, 0.25) is 0 Å². The Morgan fingerprint density at radius 2 is 1.72 bits per heavy atom. The summed E-state index contributed by atoms with van der Waals surface area (Å²) in [6.45, 7) is 2.13. The van der Waals surface area contributed by atoms with Crippen LogP contribution in [0.25, 0.3) is 0 Å². The fraction of sp³-hybridized carbons (Fsp3) is 0.632. The van der Waals surface area contributed by atoms with Crippen molar-refractivity contribution in [3.05, 3.63) is 35.9 Å². The minimum absolute atomic E-state index is 0.0856. The molecule has 0 radical (unpaired) electrons. The van der Waals surface area contributed by atoms with Crippen molar-refractivity contribution in [1.82, 2.24) is 5.32 Å². The molecule has 4 atom stereocenters. The second kappa shape index (κ2) is 12.0. The predicted octanol–water partition coefficient (Wildman–Crippen LogP) is 0.617. The van der Waals surface area contributed by atoms with Crippen LogP contribution in [0.3, 0.4) is 0 Å². The molecule has 6 heteroatoms. The maximum atomic E-state index is 11.8. The number of hydrogen-bond acceptors (Lipinski definition) is 5. The van der Waals surface area contributed by atoms with Gasteiger partial charge in [0.25, 0.3) is 0 Å². The lowest BCUT2D eigenvalue weighted by Gasteiger charge is -2.18. The highest BCUT2D eigenvalue weighted by atomic mass is 16.3. The molecule has 0 aliphatic carbocycles. The first-order chi connectivity index (χ1) is 11.9. The lowest BCUT2D eigenvalue weighted by Crippen LogP contribution is -2.34. The summed E-state index contributed by atoms with van der Waals surface area (Å²) >= 11 is 0. The van der Waals surface area contributed by atoms with Gasteiger partial charge >= 0.3 is 0 Å². The molecule has 0 aromatic heterocycles. The summed E-state index contributed by atoms with van der Waals surface area (Å²) in [7, 11) is 0. The van der Waals surface area contributed by atoms with Crippen molar-refractivity contribution in [3.63, 3.8) is 0 Å². The molecule has 5 N–H and O–H groups in total. The van der Waals surface area contributed by atoms with Crippen molar-refractivity contribution in [2.24, 2.45) is 5.92 Å². The van der Waals surface area contributed by atoms with Crippen LogP contribution >= 0.6 is 0 Å². The van der Waals surface area contributed by atoms with Crippen LogP contribution in [0.15, 0.2) is 30.3 Å². The number of aliphatic hydroxyl groups is 4. The van der Waals surface area contributed by atoms with Gasteiger partial charge in [0, 0.05) is 26.0 Å². The lowest BCUT2D eigenvalue weighted by atomic mass is 10.0. The highest BCUT2D eigenvalue weighted by Crippen LogP contribution is 2.10. The number of hydrogen-bond donors (Lipinski definition) is 5. The Balaban J connectivity index is 2.19. The van der Waals surface area contributed by atoms with E-state index in [2.05, 4.69) is 5.32 Å². The molecule has 1 aromatic carbocycles. The van der Waals surface area contributed by atoms with Crippen LogP contribution in [0.5, 0.6) is 0 Å². The summed E-state index contributed by atoms with van der Waals surface area (Å²) < 4.78 is 0. The summed E-state index contributed by atoms with van der Waals surface area (Å²) in [5, 5.41) is 41.3. The molecule has 0 aliphatic rings. The third-order valence-corrected chi connectivity index (χ3v) is 4.24. The van der Waals surface area contributed by atoms with Crippen LogP contribution in [-0.4, -0.2) is 57.8 Å².